The van der Waals surface area contributed by atoms with E-state index in [2.05, 4.69) is 0 Å². The minimum Gasteiger partial charge on any atom is -0.389 e. The molecule has 0 bridgehead atoms. The maximum Gasteiger partial charge on any atom is 0.226 e. The van der Waals surface area contributed by atoms with Gasteiger partial charge in [0.25, 0.3) is 0 Å². The Morgan fingerprint density at radius 3 is 2.30 bits per heavy atom. The van der Waals surface area contributed by atoms with Crippen molar-refractivity contribution in [2.75, 3.05) is 6.54 Å². The lowest BCUT2D eigenvalue weighted by Crippen LogP contribution is -2.46. The van der Waals surface area contributed by atoms with Crippen molar-refractivity contribution in [3.8, 4) is 0 Å². The number of ether oxygens (including phenoxy) is 1. The summed E-state index contributed by atoms with van der Waals surface area (Å²) in [6.45, 7) is 8.40. The lowest BCUT2D eigenvalue weighted by atomic mass is 9.90. The van der Waals surface area contributed by atoms with E-state index in [0.717, 1.165) is 18.4 Å². The normalized spacial score (nSPS) is 25.2. The lowest BCUT2D eigenvalue weighted by Gasteiger charge is -2.36. The summed E-state index contributed by atoms with van der Waals surface area (Å²) in [7, 11) is 0. The van der Waals surface area contributed by atoms with Crippen LogP contribution in [-0.2, 0) is 16.1 Å². The fraction of sp³-hybridized carbons (Fsp3) is 0.632. The first-order valence-corrected chi connectivity index (χ1v) is 8.45. The van der Waals surface area contributed by atoms with Crippen LogP contribution in [0.3, 0.4) is 0 Å². The van der Waals surface area contributed by atoms with Crippen molar-refractivity contribution < 1.29 is 14.6 Å². The molecule has 128 valence electrons. The predicted octanol–water partition coefficient (Wildman–Crippen LogP) is 2.99. The fourth-order valence-electron chi connectivity index (χ4n) is 3.35. The van der Waals surface area contributed by atoms with Crippen LogP contribution in [0.25, 0.3) is 0 Å². The zero-order valence-corrected chi connectivity index (χ0v) is 14.7. The molecular weight excluding hydrogens is 290 g/mol. The van der Waals surface area contributed by atoms with Gasteiger partial charge in [-0.05, 0) is 46.1 Å². The molecule has 0 saturated carbocycles. The first-order chi connectivity index (χ1) is 10.7. The topological polar surface area (TPSA) is 49.8 Å². The molecule has 1 aliphatic heterocycles. The summed E-state index contributed by atoms with van der Waals surface area (Å²) in [6, 6.07) is 9.94. The van der Waals surface area contributed by atoms with Crippen LogP contribution in [0, 0.1) is 5.92 Å². The van der Waals surface area contributed by atoms with E-state index in [1.54, 1.807) is 18.7 Å². The van der Waals surface area contributed by atoms with Crippen molar-refractivity contribution in [3.05, 3.63) is 35.9 Å². The van der Waals surface area contributed by atoms with E-state index in [1.807, 2.05) is 44.2 Å². The molecule has 4 heteroatoms. The number of benzene rings is 1. The van der Waals surface area contributed by atoms with Crippen LogP contribution in [0.15, 0.2) is 30.3 Å². The third-order valence-electron chi connectivity index (χ3n) is 4.15. The standard InChI is InChI=1S/C19H29NO3/c1-14-10-17(11-15(2)23-14)18(21)20(13-19(3,4)22)12-16-8-6-5-7-9-16/h5-9,14-15,17,22H,10-13H2,1-4H3. The van der Waals surface area contributed by atoms with Gasteiger partial charge in [-0.2, -0.15) is 0 Å². The molecule has 4 nitrogen and oxygen atoms in total. The van der Waals surface area contributed by atoms with Gasteiger partial charge in [-0.3, -0.25) is 4.79 Å². The second-order valence-electron chi connectivity index (χ2n) is 7.42. The van der Waals surface area contributed by atoms with Crippen LogP contribution in [0.5, 0.6) is 0 Å². The largest absolute Gasteiger partial charge is 0.389 e. The van der Waals surface area contributed by atoms with Crippen LogP contribution < -0.4 is 0 Å². The first kappa shape index (κ1) is 18.0. The molecule has 0 spiro atoms. The highest BCUT2D eigenvalue weighted by Crippen LogP contribution is 2.27. The smallest absolute Gasteiger partial charge is 0.226 e. The summed E-state index contributed by atoms with van der Waals surface area (Å²) in [5.41, 5.74) is 0.172. The molecule has 1 N–H and O–H groups in total. The molecule has 1 aromatic carbocycles. The van der Waals surface area contributed by atoms with Crippen LogP contribution in [0.4, 0.5) is 0 Å². The highest BCUT2D eigenvalue weighted by Gasteiger charge is 2.34. The van der Waals surface area contributed by atoms with Gasteiger partial charge in [0.05, 0.1) is 17.8 Å². The average molecular weight is 319 g/mol. The molecule has 0 aliphatic carbocycles. The van der Waals surface area contributed by atoms with E-state index < -0.39 is 5.60 Å². The zero-order chi connectivity index (χ0) is 17.0. The zero-order valence-electron chi connectivity index (χ0n) is 14.7. The summed E-state index contributed by atoms with van der Waals surface area (Å²) < 4.78 is 5.75. The van der Waals surface area contributed by atoms with Crippen molar-refractivity contribution in [1.82, 2.24) is 4.90 Å². The highest BCUT2D eigenvalue weighted by molar-refractivity contribution is 5.79. The average Bonchev–Trinajstić information content (AvgIpc) is 2.44. The monoisotopic (exact) mass is 319 g/mol. The fourth-order valence-corrected chi connectivity index (χ4v) is 3.35. The van der Waals surface area contributed by atoms with Gasteiger partial charge in [-0.15, -0.1) is 0 Å². The molecule has 1 fully saturated rings. The first-order valence-electron chi connectivity index (χ1n) is 8.45. The van der Waals surface area contributed by atoms with Gasteiger partial charge in [0.1, 0.15) is 0 Å². The molecule has 1 aliphatic rings. The summed E-state index contributed by atoms with van der Waals surface area (Å²) in [6.07, 6.45) is 1.71. The number of amides is 1. The molecule has 2 rings (SSSR count). The summed E-state index contributed by atoms with van der Waals surface area (Å²) >= 11 is 0. The molecule has 1 saturated heterocycles. The number of rotatable bonds is 5. The number of aliphatic hydroxyl groups is 1. The molecule has 1 aromatic rings. The van der Waals surface area contributed by atoms with Crippen molar-refractivity contribution >= 4 is 5.91 Å². The number of nitrogens with zero attached hydrogens (tertiary/aromatic N) is 1. The van der Waals surface area contributed by atoms with E-state index in [4.69, 9.17) is 4.74 Å². The third kappa shape index (κ3) is 5.63. The molecule has 23 heavy (non-hydrogen) atoms. The maximum absolute atomic E-state index is 13.0. The molecule has 2 atom stereocenters. The van der Waals surface area contributed by atoms with Crippen LogP contribution in [0.1, 0.15) is 46.1 Å². The quantitative estimate of drug-likeness (QED) is 0.907. The number of carbonyl (C=O) groups is 1. The molecule has 1 heterocycles. The molecule has 0 radical (unpaired) electrons. The van der Waals surface area contributed by atoms with Crippen molar-refractivity contribution in [1.29, 1.82) is 0 Å². The van der Waals surface area contributed by atoms with Gasteiger partial charge in [0.2, 0.25) is 5.91 Å². The Bertz CT molecular complexity index is 499. The number of hydrogen-bond donors (Lipinski definition) is 1. The van der Waals surface area contributed by atoms with Gasteiger partial charge in [-0.1, -0.05) is 30.3 Å². The Balaban J connectivity index is 2.13. The Morgan fingerprint density at radius 2 is 1.78 bits per heavy atom. The summed E-state index contributed by atoms with van der Waals surface area (Å²) in [4.78, 5) is 14.8. The lowest BCUT2D eigenvalue weighted by molar-refractivity contribution is -0.147. The third-order valence-corrected chi connectivity index (χ3v) is 4.15. The molecule has 0 aromatic heterocycles. The van der Waals surface area contributed by atoms with Crippen molar-refractivity contribution in [3.63, 3.8) is 0 Å². The second-order valence-corrected chi connectivity index (χ2v) is 7.42. The number of carbonyl (C=O) groups excluding carboxylic acids is 1. The molecule has 1 amide bonds. The SMILES string of the molecule is CC1CC(C(=O)N(Cc2ccccc2)CC(C)(C)O)CC(C)O1. The van der Waals surface area contributed by atoms with Gasteiger partial charge in [-0.25, -0.2) is 0 Å². The summed E-state index contributed by atoms with van der Waals surface area (Å²) in [5.74, 6) is 0.0952. The van der Waals surface area contributed by atoms with E-state index in [9.17, 15) is 9.90 Å². The van der Waals surface area contributed by atoms with E-state index in [-0.39, 0.29) is 24.0 Å². The van der Waals surface area contributed by atoms with E-state index in [0.29, 0.717) is 13.1 Å². The predicted molar refractivity (Wildman–Crippen MR) is 90.9 cm³/mol. The Kier molecular flexibility index (Phi) is 5.82. The Labute approximate surface area is 139 Å². The maximum atomic E-state index is 13.0. The van der Waals surface area contributed by atoms with Gasteiger partial charge in [0.15, 0.2) is 0 Å². The van der Waals surface area contributed by atoms with Gasteiger partial charge in [0, 0.05) is 19.0 Å². The minimum atomic E-state index is -0.910. The van der Waals surface area contributed by atoms with Crippen LogP contribution in [-0.4, -0.2) is 40.3 Å². The summed E-state index contributed by atoms with van der Waals surface area (Å²) in [5, 5.41) is 10.2. The van der Waals surface area contributed by atoms with Crippen molar-refractivity contribution in [2.24, 2.45) is 5.92 Å². The van der Waals surface area contributed by atoms with Gasteiger partial charge >= 0.3 is 0 Å². The minimum absolute atomic E-state index is 0.0280. The Morgan fingerprint density at radius 1 is 1.22 bits per heavy atom. The van der Waals surface area contributed by atoms with Crippen LogP contribution >= 0.6 is 0 Å². The molecular formula is C19H29NO3. The second kappa shape index (κ2) is 7.45. The van der Waals surface area contributed by atoms with Gasteiger partial charge < -0.3 is 14.7 Å². The highest BCUT2D eigenvalue weighted by atomic mass is 16.5. The van der Waals surface area contributed by atoms with Crippen LogP contribution in [0.2, 0.25) is 0 Å². The van der Waals surface area contributed by atoms with Crippen molar-refractivity contribution in [2.45, 2.75) is 64.9 Å². The number of hydrogen-bond acceptors (Lipinski definition) is 3. The molecule has 2 unspecified atom stereocenters. The van der Waals surface area contributed by atoms with E-state index in [1.165, 1.54) is 0 Å². The van der Waals surface area contributed by atoms with E-state index >= 15 is 0 Å². The Hall–Kier alpha value is -1.39.